The fourth-order valence-electron chi connectivity index (χ4n) is 3.04. The second-order valence-corrected chi connectivity index (χ2v) is 7.34. The van der Waals surface area contributed by atoms with Crippen molar-refractivity contribution >= 4 is 21.8 Å². The van der Waals surface area contributed by atoms with Gasteiger partial charge in [0.2, 0.25) is 0 Å². The van der Waals surface area contributed by atoms with Gasteiger partial charge in [-0.15, -0.1) is 0 Å². The summed E-state index contributed by atoms with van der Waals surface area (Å²) in [7, 11) is 0. The minimum atomic E-state index is -0.716. The van der Waals surface area contributed by atoms with Crippen molar-refractivity contribution in [1.29, 1.82) is 0 Å². The number of hydrogen-bond donors (Lipinski definition) is 0. The maximum absolute atomic E-state index is 13.9. The maximum Gasteiger partial charge on any atom is 0.263 e. The van der Waals surface area contributed by atoms with E-state index in [0.717, 1.165) is 19.6 Å². The lowest BCUT2D eigenvalue weighted by Gasteiger charge is -2.35. The van der Waals surface area contributed by atoms with E-state index in [9.17, 15) is 9.18 Å². The summed E-state index contributed by atoms with van der Waals surface area (Å²) in [6.45, 7) is 5.50. The first kappa shape index (κ1) is 18.9. The molecule has 1 saturated heterocycles. The van der Waals surface area contributed by atoms with Crippen LogP contribution in [-0.2, 0) is 11.3 Å². The Labute approximate surface area is 161 Å². The molecule has 138 valence electrons. The molecule has 3 rings (SSSR count). The minimum Gasteiger partial charge on any atom is -0.478 e. The van der Waals surface area contributed by atoms with Crippen molar-refractivity contribution in [3.8, 4) is 5.75 Å². The third kappa shape index (κ3) is 4.83. The number of rotatable bonds is 5. The molecule has 1 fully saturated rings. The number of nitrogens with zero attached hydrogens (tertiary/aromatic N) is 2. The smallest absolute Gasteiger partial charge is 0.263 e. The molecule has 0 aliphatic carbocycles. The van der Waals surface area contributed by atoms with Crippen LogP contribution < -0.4 is 4.74 Å². The molecule has 2 aromatic rings. The molecule has 1 aliphatic heterocycles. The van der Waals surface area contributed by atoms with Crippen LogP contribution in [-0.4, -0.2) is 48.0 Å². The molecule has 0 radical (unpaired) electrons. The Bertz CT molecular complexity index is 749. The summed E-state index contributed by atoms with van der Waals surface area (Å²) in [4.78, 5) is 16.7. The molecule has 6 heteroatoms. The quantitative estimate of drug-likeness (QED) is 0.738. The molecule has 0 N–H and O–H groups in total. The summed E-state index contributed by atoms with van der Waals surface area (Å²) < 4.78 is 20.1. The van der Waals surface area contributed by atoms with Crippen LogP contribution in [0.3, 0.4) is 0 Å². The monoisotopic (exact) mass is 420 g/mol. The fourth-order valence-corrected chi connectivity index (χ4v) is 3.37. The number of ether oxygens (including phenoxy) is 1. The van der Waals surface area contributed by atoms with Gasteiger partial charge in [-0.1, -0.05) is 46.3 Å². The number of carbonyl (C=O) groups is 1. The molecular formula is C20H22BrFN2O2. The summed E-state index contributed by atoms with van der Waals surface area (Å²) >= 11 is 3.21. The highest BCUT2D eigenvalue weighted by molar-refractivity contribution is 9.10. The van der Waals surface area contributed by atoms with Gasteiger partial charge in [0.05, 0.1) is 0 Å². The maximum atomic E-state index is 13.9. The molecule has 0 unspecified atom stereocenters. The van der Waals surface area contributed by atoms with Crippen LogP contribution in [0, 0.1) is 5.82 Å². The van der Waals surface area contributed by atoms with E-state index in [1.54, 1.807) is 17.9 Å². The van der Waals surface area contributed by atoms with Gasteiger partial charge >= 0.3 is 0 Å². The second kappa shape index (κ2) is 8.64. The Morgan fingerprint density at radius 1 is 1.15 bits per heavy atom. The summed E-state index contributed by atoms with van der Waals surface area (Å²) in [5.41, 5.74) is 1.27. The van der Waals surface area contributed by atoms with Gasteiger partial charge in [-0.25, -0.2) is 4.39 Å². The van der Waals surface area contributed by atoms with E-state index >= 15 is 0 Å². The highest BCUT2D eigenvalue weighted by Crippen LogP contribution is 2.23. The van der Waals surface area contributed by atoms with Gasteiger partial charge in [0, 0.05) is 37.2 Å². The zero-order valence-corrected chi connectivity index (χ0v) is 16.3. The average molecular weight is 421 g/mol. The van der Waals surface area contributed by atoms with Crippen LogP contribution in [0.1, 0.15) is 12.5 Å². The fraction of sp³-hybridized carbons (Fsp3) is 0.350. The number of amides is 1. The number of hydrogen-bond acceptors (Lipinski definition) is 3. The largest absolute Gasteiger partial charge is 0.478 e. The van der Waals surface area contributed by atoms with Crippen LogP contribution in [0.15, 0.2) is 53.0 Å². The van der Waals surface area contributed by atoms with Gasteiger partial charge in [-0.2, -0.15) is 0 Å². The highest BCUT2D eigenvalue weighted by atomic mass is 79.9. The second-order valence-electron chi connectivity index (χ2n) is 6.42. The molecule has 1 amide bonds. The van der Waals surface area contributed by atoms with Gasteiger partial charge in [0.25, 0.3) is 5.91 Å². The molecule has 1 heterocycles. The zero-order chi connectivity index (χ0) is 18.5. The lowest BCUT2D eigenvalue weighted by Crippen LogP contribution is -2.51. The Hall–Kier alpha value is -1.92. The molecule has 0 spiro atoms. The lowest BCUT2D eigenvalue weighted by atomic mass is 10.2. The van der Waals surface area contributed by atoms with Crippen molar-refractivity contribution in [2.75, 3.05) is 26.2 Å². The van der Waals surface area contributed by atoms with E-state index < -0.39 is 11.9 Å². The first-order valence-electron chi connectivity index (χ1n) is 8.69. The summed E-state index contributed by atoms with van der Waals surface area (Å²) in [6.07, 6.45) is -0.716. The van der Waals surface area contributed by atoms with Crippen molar-refractivity contribution in [2.24, 2.45) is 0 Å². The van der Waals surface area contributed by atoms with E-state index in [0.29, 0.717) is 17.6 Å². The Morgan fingerprint density at radius 2 is 1.85 bits per heavy atom. The van der Waals surface area contributed by atoms with Gasteiger partial charge in [-0.05, 0) is 30.7 Å². The minimum absolute atomic E-state index is 0.0942. The molecule has 26 heavy (non-hydrogen) atoms. The lowest BCUT2D eigenvalue weighted by molar-refractivity contribution is -0.139. The van der Waals surface area contributed by atoms with Crippen LogP contribution in [0.4, 0.5) is 4.39 Å². The topological polar surface area (TPSA) is 32.8 Å². The zero-order valence-electron chi connectivity index (χ0n) is 14.7. The number of halogens is 2. The summed E-state index contributed by atoms with van der Waals surface area (Å²) in [5.74, 6) is -0.491. The number of carbonyl (C=O) groups excluding carboxylic acids is 1. The van der Waals surface area contributed by atoms with Crippen LogP contribution in [0.25, 0.3) is 0 Å². The molecule has 0 bridgehead atoms. The van der Waals surface area contributed by atoms with Gasteiger partial charge in [0.15, 0.2) is 17.7 Å². The Morgan fingerprint density at radius 3 is 2.50 bits per heavy atom. The van der Waals surface area contributed by atoms with Crippen molar-refractivity contribution in [3.63, 3.8) is 0 Å². The average Bonchev–Trinajstić information content (AvgIpc) is 2.65. The normalized spacial score (nSPS) is 16.3. The predicted molar refractivity (Wildman–Crippen MR) is 102 cm³/mol. The standard InChI is InChI=1S/C20H22BrFN2O2/c1-15(26-19-8-7-17(21)13-18(19)22)20(25)24-11-9-23(10-12-24)14-16-5-3-2-4-6-16/h2-8,13,15H,9-12,14H2,1H3/t15-/m1/s1. The first-order valence-corrected chi connectivity index (χ1v) is 9.49. The van der Waals surface area contributed by atoms with Gasteiger partial charge in [0.1, 0.15) is 0 Å². The molecular weight excluding hydrogens is 399 g/mol. The van der Waals surface area contributed by atoms with Crippen molar-refractivity contribution < 1.29 is 13.9 Å². The molecule has 2 aromatic carbocycles. The summed E-state index contributed by atoms with van der Waals surface area (Å²) in [5, 5.41) is 0. The van der Waals surface area contributed by atoms with Gasteiger partial charge < -0.3 is 9.64 Å². The van der Waals surface area contributed by atoms with Crippen molar-refractivity contribution in [1.82, 2.24) is 9.80 Å². The predicted octanol–water partition coefficient (Wildman–Crippen LogP) is 3.70. The molecule has 0 aromatic heterocycles. The highest BCUT2D eigenvalue weighted by Gasteiger charge is 2.26. The van der Waals surface area contributed by atoms with Crippen molar-refractivity contribution in [2.45, 2.75) is 19.6 Å². The first-order chi connectivity index (χ1) is 12.5. The SMILES string of the molecule is C[C@@H](Oc1ccc(Br)cc1F)C(=O)N1CCN(Cc2ccccc2)CC1. The van der Waals surface area contributed by atoms with Crippen LogP contribution >= 0.6 is 15.9 Å². The third-order valence-electron chi connectivity index (χ3n) is 4.48. The number of benzene rings is 2. The molecule has 4 nitrogen and oxygen atoms in total. The number of piperazine rings is 1. The van der Waals surface area contributed by atoms with Crippen molar-refractivity contribution in [3.05, 3.63) is 64.4 Å². The van der Waals surface area contributed by atoms with Crippen LogP contribution in [0.2, 0.25) is 0 Å². The van der Waals surface area contributed by atoms with E-state index in [1.807, 2.05) is 18.2 Å². The van der Waals surface area contributed by atoms with Gasteiger partial charge in [-0.3, -0.25) is 9.69 Å². The molecule has 0 saturated carbocycles. The van der Waals surface area contributed by atoms with E-state index in [1.165, 1.54) is 17.7 Å². The summed E-state index contributed by atoms with van der Waals surface area (Å²) in [6, 6.07) is 14.9. The Balaban J connectivity index is 1.51. The Kier molecular flexibility index (Phi) is 6.27. The van der Waals surface area contributed by atoms with E-state index in [4.69, 9.17) is 4.74 Å². The van der Waals surface area contributed by atoms with Crippen LogP contribution in [0.5, 0.6) is 5.75 Å². The molecule has 1 aliphatic rings. The third-order valence-corrected chi connectivity index (χ3v) is 4.97. The van der Waals surface area contributed by atoms with E-state index in [-0.39, 0.29) is 11.7 Å². The molecule has 1 atom stereocenters. The van der Waals surface area contributed by atoms with E-state index in [2.05, 4.69) is 33.0 Å².